The van der Waals surface area contributed by atoms with Gasteiger partial charge in [0.1, 0.15) is 5.75 Å². The second kappa shape index (κ2) is 8.89. The molecule has 0 fully saturated rings. The van der Waals surface area contributed by atoms with E-state index in [1.165, 1.54) is 31.5 Å². The molecule has 0 spiro atoms. The van der Waals surface area contributed by atoms with Gasteiger partial charge < -0.3 is 10.1 Å². The summed E-state index contributed by atoms with van der Waals surface area (Å²) in [7, 11) is 1.42. The number of halogens is 3. The molecule has 33 heavy (non-hydrogen) atoms. The van der Waals surface area contributed by atoms with Gasteiger partial charge in [-0.1, -0.05) is 25.5 Å². The molecule has 1 amide bonds. The Kier molecular flexibility index (Phi) is 5.99. The predicted octanol–water partition coefficient (Wildman–Crippen LogP) is 5.05. The number of amides is 1. The Hall–Kier alpha value is -3.95. The van der Waals surface area contributed by atoms with Crippen molar-refractivity contribution < 1.29 is 22.7 Å². The number of fused-ring (bicyclic) bond motifs is 1. The number of carbonyl (C=O) groups excluding carboxylic acids is 1. The van der Waals surface area contributed by atoms with Crippen molar-refractivity contribution in [3.63, 3.8) is 0 Å². The fraction of sp³-hybridized carbons (Fsp3) is 0.217. The lowest BCUT2D eigenvalue weighted by molar-refractivity contribution is -0.145. The summed E-state index contributed by atoms with van der Waals surface area (Å²) in [5.41, 5.74) is 1.87. The molecule has 0 aliphatic rings. The second-order valence-corrected chi connectivity index (χ2v) is 7.28. The number of alkyl halides is 3. The third kappa shape index (κ3) is 4.64. The molecular weight excluding hydrogens is 435 g/mol. The van der Waals surface area contributed by atoms with Gasteiger partial charge in [0.25, 0.3) is 5.91 Å². The Morgan fingerprint density at radius 1 is 1.09 bits per heavy atom. The minimum Gasteiger partial charge on any atom is -0.497 e. The van der Waals surface area contributed by atoms with E-state index >= 15 is 0 Å². The minimum atomic E-state index is -4.72. The maximum Gasteiger partial charge on any atom is 0.450 e. The highest BCUT2D eigenvalue weighted by Crippen LogP contribution is 2.34. The summed E-state index contributed by atoms with van der Waals surface area (Å²) in [4.78, 5) is 24.3. The number of carbonyl (C=O) groups is 1. The molecule has 0 saturated heterocycles. The molecule has 0 aliphatic heterocycles. The van der Waals surface area contributed by atoms with Crippen molar-refractivity contribution in [3.05, 3.63) is 71.8 Å². The third-order valence-corrected chi connectivity index (χ3v) is 4.98. The number of imidazole rings is 1. The Morgan fingerprint density at radius 3 is 2.45 bits per heavy atom. The first kappa shape index (κ1) is 22.3. The number of methoxy groups -OCH3 is 1. The smallest absolute Gasteiger partial charge is 0.450 e. The molecule has 0 saturated carbocycles. The number of nitrogens with zero attached hydrogens (tertiary/aromatic N) is 4. The monoisotopic (exact) mass is 455 g/mol. The zero-order chi connectivity index (χ0) is 23.6. The average molecular weight is 455 g/mol. The molecule has 4 aromatic rings. The molecule has 2 aromatic carbocycles. The van der Waals surface area contributed by atoms with Crippen molar-refractivity contribution in [1.29, 1.82) is 0 Å². The molecular formula is C23H20F3N5O2. The Morgan fingerprint density at radius 2 is 1.85 bits per heavy atom. The van der Waals surface area contributed by atoms with Gasteiger partial charge >= 0.3 is 6.18 Å². The molecule has 7 nitrogen and oxygen atoms in total. The predicted molar refractivity (Wildman–Crippen MR) is 117 cm³/mol. The quantitative estimate of drug-likeness (QED) is 0.440. The van der Waals surface area contributed by atoms with Gasteiger partial charge in [-0.05, 0) is 36.2 Å². The van der Waals surface area contributed by atoms with Crippen LogP contribution in [0, 0.1) is 0 Å². The van der Waals surface area contributed by atoms with Crippen molar-refractivity contribution in [2.24, 2.45) is 0 Å². The van der Waals surface area contributed by atoms with Crippen LogP contribution in [0.1, 0.15) is 35.1 Å². The highest BCUT2D eigenvalue weighted by molar-refractivity contribution is 6.03. The van der Waals surface area contributed by atoms with Gasteiger partial charge in [0.15, 0.2) is 11.6 Å². The molecule has 2 heterocycles. The normalized spacial score (nSPS) is 11.5. The van der Waals surface area contributed by atoms with Gasteiger partial charge in [-0.3, -0.25) is 9.36 Å². The first-order valence-corrected chi connectivity index (χ1v) is 10.2. The number of nitrogens with one attached hydrogen (secondary N) is 1. The number of hydrogen-bond acceptors (Lipinski definition) is 5. The zero-order valence-electron chi connectivity index (χ0n) is 17.8. The standard InChI is InChI=1S/C23H20F3N5O2/c1-3-4-14-5-7-15(8-6-14)21(32)30-19-12-28-20(13-27-19)31-18-10-9-16(33-2)11-17(18)29-22(31)23(24,25)26/h5-13H,3-4H2,1-2H3,(H,27,30,32). The van der Waals surface area contributed by atoms with Gasteiger partial charge in [0.2, 0.25) is 5.82 Å². The van der Waals surface area contributed by atoms with Crippen LogP contribution in [0.15, 0.2) is 54.9 Å². The Labute approximate surface area is 187 Å². The fourth-order valence-corrected chi connectivity index (χ4v) is 3.41. The number of anilines is 1. The van der Waals surface area contributed by atoms with Crippen LogP contribution in [0.5, 0.6) is 5.75 Å². The van der Waals surface area contributed by atoms with Crippen molar-refractivity contribution in [2.45, 2.75) is 25.9 Å². The Bertz CT molecular complexity index is 1280. The average Bonchev–Trinajstić information content (AvgIpc) is 3.19. The van der Waals surface area contributed by atoms with Gasteiger partial charge in [0.05, 0.1) is 30.5 Å². The number of aromatic nitrogens is 4. The van der Waals surface area contributed by atoms with Gasteiger partial charge in [0, 0.05) is 11.6 Å². The summed E-state index contributed by atoms with van der Waals surface area (Å²) in [6, 6.07) is 11.6. The molecule has 170 valence electrons. The molecule has 0 bridgehead atoms. The SMILES string of the molecule is CCCc1ccc(C(=O)Nc2cnc(-n3c(C(F)(F)F)nc4cc(OC)ccc43)cn2)cc1. The van der Waals surface area contributed by atoms with Crippen LogP contribution < -0.4 is 10.1 Å². The molecule has 1 N–H and O–H groups in total. The topological polar surface area (TPSA) is 81.9 Å². The van der Waals surface area contributed by atoms with E-state index in [2.05, 4.69) is 27.2 Å². The van der Waals surface area contributed by atoms with Gasteiger partial charge in [-0.15, -0.1) is 0 Å². The number of rotatable bonds is 6. The van der Waals surface area contributed by atoms with Gasteiger partial charge in [-0.2, -0.15) is 13.2 Å². The lowest BCUT2D eigenvalue weighted by Gasteiger charge is -2.11. The number of hydrogen-bond donors (Lipinski definition) is 1. The largest absolute Gasteiger partial charge is 0.497 e. The van der Waals surface area contributed by atoms with Crippen LogP contribution in [0.3, 0.4) is 0 Å². The van der Waals surface area contributed by atoms with Crippen LogP contribution in [0.4, 0.5) is 19.0 Å². The summed E-state index contributed by atoms with van der Waals surface area (Å²) < 4.78 is 46.9. The van der Waals surface area contributed by atoms with Crippen LogP contribution >= 0.6 is 0 Å². The third-order valence-electron chi connectivity index (χ3n) is 4.98. The van der Waals surface area contributed by atoms with Crippen molar-refractivity contribution in [3.8, 4) is 11.6 Å². The first-order chi connectivity index (χ1) is 15.8. The maximum atomic E-state index is 13.7. The van der Waals surface area contributed by atoms with E-state index in [-0.39, 0.29) is 22.7 Å². The number of aryl methyl sites for hydroxylation is 1. The van der Waals surface area contributed by atoms with Crippen LogP contribution in [-0.2, 0) is 12.6 Å². The van der Waals surface area contributed by atoms with E-state index in [1.54, 1.807) is 12.1 Å². The molecule has 2 aromatic heterocycles. The maximum absolute atomic E-state index is 13.7. The summed E-state index contributed by atoms with van der Waals surface area (Å²) >= 11 is 0. The highest BCUT2D eigenvalue weighted by atomic mass is 19.4. The van der Waals surface area contributed by atoms with Crippen LogP contribution in [0.2, 0.25) is 0 Å². The molecule has 0 unspecified atom stereocenters. The summed E-state index contributed by atoms with van der Waals surface area (Å²) in [5, 5.41) is 2.60. The lowest BCUT2D eigenvalue weighted by atomic mass is 10.1. The van der Waals surface area contributed by atoms with Crippen LogP contribution in [0.25, 0.3) is 16.9 Å². The molecule has 0 aliphatic carbocycles. The van der Waals surface area contributed by atoms with E-state index in [9.17, 15) is 18.0 Å². The number of ether oxygens (including phenoxy) is 1. The Balaban J connectivity index is 1.62. The summed E-state index contributed by atoms with van der Waals surface area (Å²) in [6.45, 7) is 2.07. The van der Waals surface area contributed by atoms with E-state index in [0.717, 1.165) is 29.2 Å². The van der Waals surface area contributed by atoms with Crippen molar-refractivity contribution in [1.82, 2.24) is 19.5 Å². The van der Waals surface area contributed by atoms with E-state index in [1.807, 2.05) is 12.1 Å². The summed E-state index contributed by atoms with van der Waals surface area (Å²) in [6.07, 6.45) is -0.437. The zero-order valence-corrected chi connectivity index (χ0v) is 17.8. The minimum absolute atomic E-state index is 0.0862. The molecule has 4 rings (SSSR count). The molecule has 0 radical (unpaired) electrons. The lowest BCUT2D eigenvalue weighted by Crippen LogP contribution is -2.16. The van der Waals surface area contributed by atoms with E-state index in [4.69, 9.17) is 4.74 Å². The highest BCUT2D eigenvalue weighted by Gasteiger charge is 2.38. The molecule has 0 atom stereocenters. The van der Waals surface area contributed by atoms with E-state index < -0.39 is 17.9 Å². The van der Waals surface area contributed by atoms with Gasteiger partial charge in [-0.25, -0.2) is 15.0 Å². The first-order valence-electron chi connectivity index (χ1n) is 10.2. The van der Waals surface area contributed by atoms with E-state index in [0.29, 0.717) is 11.3 Å². The second-order valence-electron chi connectivity index (χ2n) is 7.28. The molecule has 10 heteroatoms. The van der Waals surface area contributed by atoms with Crippen LogP contribution in [-0.4, -0.2) is 32.5 Å². The number of benzene rings is 2. The van der Waals surface area contributed by atoms with Crippen molar-refractivity contribution in [2.75, 3.05) is 12.4 Å². The fourth-order valence-electron chi connectivity index (χ4n) is 3.41. The van der Waals surface area contributed by atoms with Crippen molar-refractivity contribution >= 4 is 22.8 Å². The summed E-state index contributed by atoms with van der Waals surface area (Å²) in [5.74, 6) is -1.12.